The van der Waals surface area contributed by atoms with Crippen LogP contribution in [0.1, 0.15) is 25.7 Å². The van der Waals surface area contributed by atoms with E-state index >= 15 is 0 Å². The first kappa shape index (κ1) is 24.1. The maximum Gasteiger partial charge on any atom is 0.317 e. The quantitative estimate of drug-likeness (QED) is 0.452. The van der Waals surface area contributed by atoms with Crippen LogP contribution >= 0.6 is 11.6 Å². The lowest BCUT2D eigenvalue weighted by Crippen LogP contribution is -2.55. The first-order valence-corrected chi connectivity index (χ1v) is 12.7. The molecule has 1 aromatic carbocycles. The maximum absolute atomic E-state index is 12.8. The van der Waals surface area contributed by atoms with Crippen LogP contribution in [0.4, 0.5) is 10.7 Å². The van der Waals surface area contributed by atoms with Crippen molar-refractivity contribution in [1.29, 1.82) is 0 Å². The number of halogens is 1. The summed E-state index contributed by atoms with van der Waals surface area (Å²) in [4.78, 5) is 40.5. The molecule has 2 fully saturated rings. The molecule has 1 saturated carbocycles. The van der Waals surface area contributed by atoms with Gasteiger partial charge in [-0.2, -0.15) is 0 Å². The zero-order chi connectivity index (χ0) is 25.1. The van der Waals surface area contributed by atoms with Gasteiger partial charge in [0, 0.05) is 60.9 Å². The van der Waals surface area contributed by atoms with E-state index in [0.29, 0.717) is 42.8 Å². The largest absolute Gasteiger partial charge is 0.360 e. The van der Waals surface area contributed by atoms with Crippen LogP contribution in [0.15, 0.2) is 49.3 Å². The summed E-state index contributed by atoms with van der Waals surface area (Å²) in [6.45, 7) is 5.63. The number of aromatic nitrogens is 3. The van der Waals surface area contributed by atoms with Crippen LogP contribution in [0.25, 0.3) is 22.2 Å². The Hall–Kier alpha value is -3.59. The Kier molecular flexibility index (Phi) is 7.09. The summed E-state index contributed by atoms with van der Waals surface area (Å²) in [6, 6.07) is 8.17. The lowest BCUT2D eigenvalue weighted by molar-refractivity contribution is -0.127. The number of amides is 3. The number of benzene rings is 1. The molecule has 5 rings (SSSR count). The SMILES string of the molecule is C=CC(=O)N1CCN(C(=O)NC2CCCC(Nc3ncc(Cl)c(-c4c[nH]c5ccccc45)n3)C2)CC1. The molecule has 2 aliphatic rings. The average molecular weight is 508 g/mol. The van der Waals surface area contributed by atoms with E-state index in [0.717, 1.165) is 42.1 Å². The topological polar surface area (TPSA) is 106 Å². The third-order valence-corrected chi connectivity index (χ3v) is 7.25. The van der Waals surface area contributed by atoms with Gasteiger partial charge >= 0.3 is 6.03 Å². The van der Waals surface area contributed by atoms with Crippen molar-refractivity contribution in [3.8, 4) is 11.3 Å². The molecule has 9 nitrogen and oxygen atoms in total. The molecule has 3 aromatic rings. The summed E-state index contributed by atoms with van der Waals surface area (Å²) in [5, 5.41) is 8.19. The normalized spacial score (nSPS) is 20.2. The number of hydrogen-bond acceptors (Lipinski definition) is 5. The second-order valence-corrected chi connectivity index (χ2v) is 9.72. The molecular formula is C26H30ClN7O2. The van der Waals surface area contributed by atoms with Crippen molar-refractivity contribution in [3.63, 3.8) is 0 Å². The van der Waals surface area contributed by atoms with E-state index < -0.39 is 0 Å². The fourth-order valence-electron chi connectivity index (χ4n) is 5.05. The van der Waals surface area contributed by atoms with Crippen LogP contribution < -0.4 is 10.6 Å². The molecular weight excluding hydrogens is 478 g/mol. The van der Waals surface area contributed by atoms with Gasteiger partial charge in [0.1, 0.15) is 0 Å². The van der Waals surface area contributed by atoms with Crippen molar-refractivity contribution in [2.75, 3.05) is 31.5 Å². The van der Waals surface area contributed by atoms with Gasteiger partial charge in [-0.05, 0) is 37.8 Å². The first-order valence-electron chi connectivity index (χ1n) is 12.3. The van der Waals surface area contributed by atoms with Gasteiger partial charge in [0.05, 0.1) is 16.9 Å². The number of anilines is 1. The molecule has 2 aromatic heterocycles. The number of fused-ring (bicyclic) bond motifs is 1. The van der Waals surface area contributed by atoms with E-state index in [1.165, 1.54) is 6.08 Å². The Labute approximate surface area is 214 Å². The highest BCUT2D eigenvalue weighted by Crippen LogP contribution is 2.32. The zero-order valence-corrected chi connectivity index (χ0v) is 20.8. The molecule has 0 bridgehead atoms. The zero-order valence-electron chi connectivity index (χ0n) is 20.0. The number of nitrogens with zero attached hydrogens (tertiary/aromatic N) is 4. The Morgan fingerprint density at radius 3 is 2.67 bits per heavy atom. The molecule has 3 amide bonds. The number of carbonyl (C=O) groups excluding carboxylic acids is 2. The fraction of sp³-hybridized carbons (Fsp3) is 0.385. The third-order valence-electron chi connectivity index (χ3n) is 6.98. The highest BCUT2D eigenvalue weighted by atomic mass is 35.5. The van der Waals surface area contributed by atoms with Crippen LogP contribution in [-0.4, -0.2) is 75.0 Å². The van der Waals surface area contributed by atoms with Gasteiger partial charge in [0.25, 0.3) is 0 Å². The van der Waals surface area contributed by atoms with E-state index in [1.54, 1.807) is 16.0 Å². The number of carbonyl (C=O) groups is 2. The highest BCUT2D eigenvalue weighted by Gasteiger charge is 2.28. The fourth-order valence-corrected chi connectivity index (χ4v) is 5.25. The monoisotopic (exact) mass is 507 g/mol. The summed E-state index contributed by atoms with van der Waals surface area (Å²) < 4.78 is 0. The van der Waals surface area contributed by atoms with Gasteiger partial charge in [-0.1, -0.05) is 36.4 Å². The van der Waals surface area contributed by atoms with Crippen LogP contribution in [0.5, 0.6) is 0 Å². The molecule has 2 atom stereocenters. The molecule has 1 aliphatic carbocycles. The van der Waals surface area contributed by atoms with Crippen molar-refractivity contribution in [1.82, 2.24) is 30.1 Å². The number of piperazine rings is 1. The van der Waals surface area contributed by atoms with Gasteiger partial charge in [-0.15, -0.1) is 0 Å². The Bertz CT molecular complexity index is 1270. The Morgan fingerprint density at radius 1 is 1.11 bits per heavy atom. The van der Waals surface area contributed by atoms with Crippen molar-refractivity contribution in [2.24, 2.45) is 0 Å². The minimum Gasteiger partial charge on any atom is -0.360 e. The van der Waals surface area contributed by atoms with Gasteiger partial charge in [-0.3, -0.25) is 4.79 Å². The molecule has 1 aliphatic heterocycles. The van der Waals surface area contributed by atoms with Crippen molar-refractivity contribution < 1.29 is 9.59 Å². The standard InChI is InChI=1S/C26H30ClN7O2/c1-2-23(35)33-10-12-34(13-11-33)26(36)31-18-7-5-6-17(14-18)30-25-29-16-21(27)24(32-25)20-15-28-22-9-4-3-8-19(20)22/h2-4,8-9,15-18,28H,1,5-7,10-14H2,(H,31,36)(H,29,30,32). The number of aromatic amines is 1. The molecule has 3 N–H and O–H groups in total. The van der Waals surface area contributed by atoms with Crippen LogP contribution in [0.2, 0.25) is 5.02 Å². The molecule has 10 heteroatoms. The van der Waals surface area contributed by atoms with Gasteiger partial charge in [0.15, 0.2) is 0 Å². The summed E-state index contributed by atoms with van der Waals surface area (Å²) in [5.41, 5.74) is 2.64. The van der Waals surface area contributed by atoms with Crippen LogP contribution in [-0.2, 0) is 4.79 Å². The average Bonchev–Trinajstić information content (AvgIpc) is 3.33. The summed E-state index contributed by atoms with van der Waals surface area (Å²) in [5.74, 6) is 0.438. The van der Waals surface area contributed by atoms with Gasteiger partial charge < -0.3 is 25.4 Å². The first-order chi connectivity index (χ1) is 17.5. The highest BCUT2D eigenvalue weighted by molar-refractivity contribution is 6.33. The molecule has 2 unspecified atom stereocenters. The van der Waals surface area contributed by atoms with E-state index in [4.69, 9.17) is 16.6 Å². The lowest BCUT2D eigenvalue weighted by Gasteiger charge is -2.36. The minimum absolute atomic E-state index is 0.0666. The second-order valence-electron chi connectivity index (χ2n) is 9.31. The predicted octanol–water partition coefficient (Wildman–Crippen LogP) is 4.04. The smallest absolute Gasteiger partial charge is 0.317 e. The van der Waals surface area contributed by atoms with Crippen LogP contribution in [0, 0.1) is 0 Å². The molecule has 36 heavy (non-hydrogen) atoms. The maximum atomic E-state index is 12.8. The second kappa shape index (κ2) is 10.6. The third kappa shape index (κ3) is 5.16. The van der Waals surface area contributed by atoms with Gasteiger partial charge in [0.2, 0.25) is 11.9 Å². The van der Waals surface area contributed by atoms with Gasteiger partial charge in [-0.25, -0.2) is 14.8 Å². The van der Waals surface area contributed by atoms with E-state index in [9.17, 15) is 9.59 Å². The number of H-pyrrole nitrogens is 1. The number of urea groups is 1. The van der Waals surface area contributed by atoms with Crippen molar-refractivity contribution >= 4 is 40.4 Å². The van der Waals surface area contributed by atoms with Crippen LogP contribution in [0.3, 0.4) is 0 Å². The lowest BCUT2D eigenvalue weighted by atomic mass is 9.91. The summed E-state index contributed by atoms with van der Waals surface area (Å²) >= 11 is 6.47. The molecule has 0 spiro atoms. The molecule has 0 radical (unpaired) electrons. The Morgan fingerprint density at radius 2 is 1.86 bits per heavy atom. The molecule has 1 saturated heterocycles. The molecule has 188 valence electrons. The van der Waals surface area contributed by atoms with Crippen molar-refractivity contribution in [2.45, 2.75) is 37.8 Å². The number of hydrogen-bond donors (Lipinski definition) is 3. The summed E-state index contributed by atoms with van der Waals surface area (Å²) in [6.07, 6.45) is 8.56. The number of nitrogens with one attached hydrogen (secondary N) is 3. The van der Waals surface area contributed by atoms with E-state index in [1.807, 2.05) is 30.5 Å². The summed E-state index contributed by atoms with van der Waals surface area (Å²) in [7, 11) is 0. The van der Waals surface area contributed by atoms with Crippen molar-refractivity contribution in [3.05, 3.63) is 54.3 Å². The number of para-hydroxylation sites is 1. The van der Waals surface area contributed by atoms with E-state index in [2.05, 4.69) is 27.2 Å². The Balaban J connectivity index is 1.20. The minimum atomic E-state index is -0.0893. The molecule has 3 heterocycles. The number of rotatable bonds is 5. The predicted molar refractivity (Wildman–Crippen MR) is 141 cm³/mol. The van der Waals surface area contributed by atoms with E-state index in [-0.39, 0.29) is 24.0 Å².